The fraction of sp³-hybridized carbons (Fsp3) is 0.600. The molecule has 0 saturated carbocycles. The maximum Gasteiger partial charge on any atom is 0.194 e. The van der Waals surface area contributed by atoms with Gasteiger partial charge in [0.25, 0.3) is 0 Å². The van der Waals surface area contributed by atoms with E-state index in [1.54, 1.807) is 6.92 Å². The van der Waals surface area contributed by atoms with Gasteiger partial charge < -0.3 is 15.2 Å². The van der Waals surface area contributed by atoms with Gasteiger partial charge in [-0.3, -0.25) is 0 Å². The van der Waals surface area contributed by atoms with Crippen molar-refractivity contribution in [3.05, 3.63) is 35.1 Å². The molecule has 0 spiro atoms. The Morgan fingerprint density at radius 3 is 2.33 bits per heavy atom. The number of benzene rings is 1. The minimum absolute atomic E-state index is 0.0300. The van der Waals surface area contributed by atoms with Crippen LogP contribution in [0, 0.1) is 22.9 Å². The summed E-state index contributed by atoms with van der Waals surface area (Å²) < 4.78 is 44.7. The SMILES string of the molecule is CC(NCC1(CO)CCOCC1)c1cc(F)c(F)c(F)c1. The van der Waals surface area contributed by atoms with Crippen LogP contribution in [0.3, 0.4) is 0 Å². The van der Waals surface area contributed by atoms with Crippen LogP contribution >= 0.6 is 0 Å². The van der Waals surface area contributed by atoms with Crippen molar-refractivity contribution in [1.29, 1.82) is 0 Å². The van der Waals surface area contributed by atoms with Crippen LogP contribution < -0.4 is 5.32 Å². The van der Waals surface area contributed by atoms with Crippen LogP contribution in [0.2, 0.25) is 0 Å². The van der Waals surface area contributed by atoms with E-state index in [-0.39, 0.29) is 18.1 Å². The number of ether oxygens (including phenoxy) is 1. The number of hydrogen-bond acceptors (Lipinski definition) is 3. The highest BCUT2D eigenvalue weighted by atomic mass is 19.2. The zero-order valence-corrected chi connectivity index (χ0v) is 12.0. The monoisotopic (exact) mass is 303 g/mol. The normalized spacial score (nSPS) is 19.5. The van der Waals surface area contributed by atoms with Crippen LogP contribution in [0.15, 0.2) is 12.1 Å². The van der Waals surface area contributed by atoms with Crippen molar-refractivity contribution in [2.24, 2.45) is 5.41 Å². The van der Waals surface area contributed by atoms with E-state index >= 15 is 0 Å². The highest BCUT2D eigenvalue weighted by molar-refractivity contribution is 5.22. The third-order valence-electron chi connectivity index (χ3n) is 4.18. The van der Waals surface area contributed by atoms with Crippen molar-refractivity contribution in [3.8, 4) is 0 Å². The standard InChI is InChI=1S/C15H20F3NO2/c1-10(11-6-12(16)14(18)13(17)7-11)19-8-15(9-20)2-4-21-5-3-15/h6-7,10,19-20H,2-5,8-9H2,1H3. The Morgan fingerprint density at radius 1 is 1.24 bits per heavy atom. The van der Waals surface area contributed by atoms with E-state index in [0.717, 1.165) is 25.0 Å². The second-order valence-corrected chi connectivity index (χ2v) is 5.67. The van der Waals surface area contributed by atoms with Gasteiger partial charge in [-0.2, -0.15) is 0 Å². The summed E-state index contributed by atoms with van der Waals surface area (Å²) in [6, 6.07) is 1.64. The van der Waals surface area contributed by atoms with Gasteiger partial charge in [0, 0.05) is 31.2 Å². The quantitative estimate of drug-likeness (QED) is 0.821. The molecule has 0 aromatic heterocycles. The van der Waals surface area contributed by atoms with Crippen molar-refractivity contribution in [1.82, 2.24) is 5.32 Å². The summed E-state index contributed by atoms with van der Waals surface area (Å²) in [6.07, 6.45) is 1.46. The minimum atomic E-state index is -1.46. The van der Waals surface area contributed by atoms with Gasteiger partial charge in [-0.1, -0.05) is 0 Å². The molecule has 21 heavy (non-hydrogen) atoms. The molecule has 1 aromatic carbocycles. The molecular formula is C15H20F3NO2. The molecule has 6 heteroatoms. The van der Waals surface area contributed by atoms with Crippen molar-refractivity contribution in [3.63, 3.8) is 0 Å². The van der Waals surface area contributed by atoms with E-state index in [1.165, 1.54) is 0 Å². The summed E-state index contributed by atoms with van der Waals surface area (Å²) in [7, 11) is 0. The number of rotatable bonds is 5. The molecule has 2 rings (SSSR count). The molecular weight excluding hydrogens is 283 g/mol. The first-order valence-electron chi connectivity index (χ1n) is 7.04. The van der Waals surface area contributed by atoms with Gasteiger partial charge in [-0.25, -0.2) is 13.2 Å². The van der Waals surface area contributed by atoms with Crippen LogP contribution in [-0.4, -0.2) is 31.5 Å². The Labute approximate surface area is 122 Å². The van der Waals surface area contributed by atoms with Gasteiger partial charge in [0.1, 0.15) is 0 Å². The number of hydrogen-bond donors (Lipinski definition) is 2. The number of nitrogens with one attached hydrogen (secondary N) is 1. The molecule has 1 fully saturated rings. The lowest BCUT2D eigenvalue weighted by Gasteiger charge is -2.36. The van der Waals surface area contributed by atoms with Crippen LogP contribution in [-0.2, 0) is 4.74 Å². The van der Waals surface area contributed by atoms with E-state index in [2.05, 4.69) is 5.32 Å². The summed E-state index contributed by atoms with van der Waals surface area (Å²) >= 11 is 0. The van der Waals surface area contributed by atoms with E-state index in [4.69, 9.17) is 4.74 Å². The minimum Gasteiger partial charge on any atom is -0.396 e. The zero-order valence-electron chi connectivity index (χ0n) is 12.0. The van der Waals surface area contributed by atoms with Gasteiger partial charge in [-0.05, 0) is 37.5 Å². The lowest BCUT2D eigenvalue weighted by atomic mass is 9.80. The van der Waals surface area contributed by atoms with E-state index < -0.39 is 17.5 Å². The fourth-order valence-electron chi connectivity index (χ4n) is 2.51. The van der Waals surface area contributed by atoms with Gasteiger partial charge in [0.15, 0.2) is 17.5 Å². The molecule has 1 aliphatic heterocycles. The lowest BCUT2D eigenvalue weighted by Crippen LogP contribution is -2.42. The van der Waals surface area contributed by atoms with Gasteiger partial charge in [0.2, 0.25) is 0 Å². The maximum absolute atomic E-state index is 13.2. The predicted molar refractivity (Wildman–Crippen MR) is 72.3 cm³/mol. The average Bonchev–Trinajstić information content (AvgIpc) is 2.50. The maximum atomic E-state index is 13.2. The Hall–Kier alpha value is -1.11. The highest BCUT2D eigenvalue weighted by Crippen LogP contribution is 2.30. The molecule has 118 valence electrons. The van der Waals surface area contributed by atoms with Gasteiger partial charge in [-0.15, -0.1) is 0 Å². The fourth-order valence-corrected chi connectivity index (χ4v) is 2.51. The lowest BCUT2D eigenvalue weighted by molar-refractivity contribution is -0.0163. The summed E-state index contributed by atoms with van der Waals surface area (Å²) in [5.41, 5.74) is 0.0652. The molecule has 1 atom stereocenters. The topological polar surface area (TPSA) is 41.5 Å². The summed E-state index contributed by atoms with van der Waals surface area (Å²) in [5.74, 6) is -3.84. The highest BCUT2D eigenvalue weighted by Gasteiger charge is 2.32. The first-order valence-corrected chi connectivity index (χ1v) is 7.04. The Kier molecular flexibility index (Phi) is 5.24. The van der Waals surface area contributed by atoms with E-state index in [1.807, 2.05) is 0 Å². The number of aliphatic hydroxyl groups excluding tert-OH is 1. The number of halogens is 3. The zero-order chi connectivity index (χ0) is 15.5. The van der Waals surface area contributed by atoms with Crippen molar-refractivity contribution >= 4 is 0 Å². The molecule has 1 aromatic rings. The second-order valence-electron chi connectivity index (χ2n) is 5.67. The second kappa shape index (κ2) is 6.77. The Morgan fingerprint density at radius 2 is 1.81 bits per heavy atom. The first kappa shape index (κ1) is 16.3. The molecule has 0 aliphatic carbocycles. The predicted octanol–water partition coefficient (Wildman–Crippen LogP) is 2.54. The van der Waals surface area contributed by atoms with Gasteiger partial charge in [0.05, 0.1) is 6.61 Å². The van der Waals surface area contributed by atoms with Crippen molar-refractivity contribution in [2.45, 2.75) is 25.8 Å². The summed E-state index contributed by atoms with van der Waals surface area (Å²) in [5, 5.41) is 12.7. The van der Waals surface area contributed by atoms with Gasteiger partial charge >= 0.3 is 0 Å². The first-order chi connectivity index (χ1) is 9.97. The van der Waals surface area contributed by atoms with Crippen LogP contribution in [0.1, 0.15) is 31.4 Å². The smallest absolute Gasteiger partial charge is 0.194 e. The van der Waals surface area contributed by atoms with Crippen LogP contribution in [0.25, 0.3) is 0 Å². The third kappa shape index (κ3) is 3.75. The molecule has 0 amide bonds. The van der Waals surface area contributed by atoms with Crippen molar-refractivity contribution < 1.29 is 23.0 Å². The summed E-state index contributed by atoms with van der Waals surface area (Å²) in [6.45, 7) is 3.47. The molecule has 3 nitrogen and oxygen atoms in total. The van der Waals surface area contributed by atoms with Crippen molar-refractivity contribution in [2.75, 3.05) is 26.4 Å². The third-order valence-corrected chi connectivity index (χ3v) is 4.18. The molecule has 0 bridgehead atoms. The average molecular weight is 303 g/mol. The van der Waals surface area contributed by atoms with Crippen LogP contribution in [0.5, 0.6) is 0 Å². The van der Waals surface area contributed by atoms with E-state index in [0.29, 0.717) is 25.3 Å². The molecule has 1 heterocycles. The Balaban J connectivity index is 2.02. The number of aliphatic hydroxyl groups is 1. The summed E-state index contributed by atoms with van der Waals surface area (Å²) in [4.78, 5) is 0. The van der Waals surface area contributed by atoms with E-state index in [9.17, 15) is 18.3 Å². The molecule has 1 saturated heterocycles. The largest absolute Gasteiger partial charge is 0.396 e. The van der Waals surface area contributed by atoms with Crippen LogP contribution in [0.4, 0.5) is 13.2 Å². The Bertz CT molecular complexity index is 467. The molecule has 0 radical (unpaired) electrons. The molecule has 2 N–H and O–H groups in total. The molecule has 1 unspecified atom stereocenters. The molecule has 1 aliphatic rings.